The molecule has 0 aliphatic heterocycles. The molecule has 0 bridgehead atoms. The number of nitrogens with zero attached hydrogens (tertiary/aromatic N) is 4. The van der Waals surface area contributed by atoms with Crippen molar-refractivity contribution in [2.24, 2.45) is 0 Å². The second kappa shape index (κ2) is 16.2. The van der Waals surface area contributed by atoms with E-state index in [1.165, 1.54) is 75.8 Å². The summed E-state index contributed by atoms with van der Waals surface area (Å²) < 4.78 is 25.8. The molecule has 1 unspecified atom stereocenters. The average molecular weight is 520 g/mol. The van der Waals surface area contributed by atoms with Gasteiger partial charge in [-0.1, -0.05) is 83.5 Å². The van der Waals surface area contributed by atoms with Gasteiger partial charge in [0.25, 0.3) is 0 Å². The van der Waals surface area contributed by atoms with E-state index in [0.717, 1.165) is 19.3 Å². The Morgan fingerprint density at radius 1 is 1.14 bits per heavy atom. The highest BCUT2D eigenvalue weighted by Gasteiger charge is 2.38. The summed E-state index contributed by atoms with van der Waals surface area (Å²) in [5.41, 5.74) is 4.39. The molecular formula is C27H42FN5O4. The molecule has 0 saturated carbocycles. The van der Waals surface area contributed by atoms with Crippen LogP contribution in [0.2, 0.25) is 0 Å². The lowest BCUT2D eigenvalue weighted by Gasteiger charge is -2.31. The van der Waals surface area contributed by atoms with Crippen LogP contribution in [0.5, 0.6) is 0 Å². The molecule has 37 heavy (non-hydrogen) atoms. The Kier molecular flexibility index (Phi) is 13.3. The number of carbonyl (C=O) groups is 1. The van der Waals surface area contributed by atoms with Crippen molar-refractivity contribution in [2.45, 2.75) is 109 Å². The number of ether oxygens (including phenoxy) is 2. The van der Waals surface area contributed by atoms with Crippen molar-refractivity contribution in [3.8, 4) is 12.3 Å². The van der Waals surface area contributed by atoms with Crippen LogP contribution in [0.3, 0.4) is 0 Å². The number of unbranched alkanes of at least 4 members (excludes halogenated alkanes) is 11. The molecule has 10 heteroatoms. The minimum absolute atomic E-state index is 0.107. The molecule has 3 N–H and O–H groups in total. The summed E-state index contributed by atoms with van der Waals surface area (Å²) in [4.78, 5) is 23.5. The number of nitrogens with two attached hydrogens (primary N) is 1. The van der Waals surface area contributed by atoms with Crippen molar-refractivity contribution in [1.29, 1.82) is 0 Å². The number of carbonyl (C=O) groups excluding carboxylic acids is 1. The van der Waals surface area contributed by atoms with Crippen LogP contribution in [0.15, 0.2) is 6.33 Å². The number of terminal acetylenes is 1. The van der Waals surface area contributed by atoms with E-state index in [0.29, 0.717) is 0 Å². The minimum atomic E-state index is -1.60. The van der Waals surface area contributed by atoms with Crippen LogP contribution in [-0.2, 0) is 20.8 Å². The van der Waals surface area contributed by atoms with Crippen LogP contribution < -0.4 is 5.73 Å². The van der Waals surface area contributed by atoms with Gasteiger partial charge in [0.1, 0.15) is 18.2 Å². The van der Waals surface area contributed by atoms with Crippen LogP contribution in [0.1, 0.15) is 90.4 Å². The molecule has 0 aliphatic rings. The highest BCUT2D eigenvalue weighted by Crippen LogP contribution is 2.22. The zero-order valence-corrected chi connectivity index (χ0v) is 22.3. The molecule has 0 fully saturated rings. The Balaban J connectivity index is 1.71. The number of methoxy groups -OCH3 is 1. The molecule has 0 radical (unpaired) electrons. The van der Waals surface area contributed by atoms with Crippen LogP contribution in [0.4, 0.5) is 10.2 Å². The fraction of sp³-hybridized carbons (Fsp3) is 0.704. The molecule has 0 spiro atoms. The van der Waals surface area contributed by atoms with Gasteiger partial charge in [-0.2, -0.15) is 14.4 Å². The summed E-state index contributed by atoms with van der Waals surface area (Å²) in [6, 6.07) is 0. The number of esters is 1. The third-order valence-electron chi connectivity index (χ3n) is 6.66. The monoisotopic (exact) mass is 519 g/mol. The predicted molar refractivity (Wildman–Crippen MR) is 141 cm³/mol. The normalized spacial score (nSPS) is 13.8. The summed E-state index contributed by atoms with van der Waals surface area (Å²) in [5.74, 6) is 1.89. The molecule has 2 rings (SSSR count). The first kappa shape index (κ1) is 30.5. The van der Waals surface area contributed by atoms with E-state index in [-0.39, 0.29) is 36.6 Å². The van der Waals surface area contributed by atoms with Crippen molar-refractivity contribution < 1.29 is 23.8 Å². The van der Waals surface area contributed by atoms with E-state index < -0.39 is 23.8 Å². The lowest BCUT2D eigenvalue weighted by atomic mass is 9.98. The second-order valence-corrected chi connectivity index (χ2v) is 9.50. The Morgan fingerprint density at radius 2 is 1.73 bits per heavy atom. The number of halogens is 1. The molecule has 2 aromatic heterocycles. The van der Waals surface area contributed by atoms with Crippen molar-refractivity contribution in [1.82, 2.24) is 19.5 Å². The van der Waals surface area contributed by atoms with Gasteiger partial charge in [0.2, 0.25) is 0 Å². The fourth-order valence-corrected chi connectivity index (χ4v) is 4.26. The van der Waals surface area contributed by atoms with Gasteiger partial charge in [0.15, 0.2) is 17.1 Å². The maximum absolute atomic E-state index is 13.6. The molecule has 0 amide bonds. The number of hydrogen-bond acceptors (Lipinski definition) is 8. The van der Waals surface area contributed by atoms with Crippen molar-refractivity contribution >= 4 is 23.0 Å². The molecule has 206 valence electrons. The minimum Gasteiger partial charge on any atom is -0.461 e. The number of nitrogen functional groups attached to an aromatic ring is 1. The molecular weight excluding hydrogens is 477 g/mol. The zero-order chi connectivity index (χ0) is 27.1. The van der Waals surface area contributed by atoms with Gasteiger partial charge in [-0.25, -0.2) is 4.98 Å². The third kappa shape index (κ3) is 9.56. The Bertz CT molecular complexity index is 1010. The lowest BCUT2D eigenvalue weighted by molar-refractivity contribution is -0.157. The van der Waals surface area contributed by atoms with Crippen molar-refractivity contribution in [3.05, 3.63) is 12.4 Å². The molecule has 0 saturated heterocycles. The van der Waals surface area contributed by atoms with Crippen LogP contribution in [0.25, 0.3) is 11.2 Å². The van der Waals surface area contributed by atoms with E-state index in [1.807, 2.05) is 0 Å². The van der Waals surface area contributed by atoms with E-state index in [9.17, 15) is 14.3 Å². The Morgan fingerprint density at radius 3 is 2.30 bits per heavy atom. The molecule has 0 aromatic carbocycles. The summed E-state index contributed by atoms with van der Waals surface area (Å²) in [6.45, 7) is 1.77. The van der Waals surface area contributed by atoms with E-state index in [1.54, 1.807) is 0 Å². The number of anilines is 1. The lowest BCUT2D eigenvalue weighted by Crippen LogP contribution is -2.49. The van der Waals surface area contributed by atoms with E-state index >= 15 is 0 Å². The zero-order valence-electron chi connectivity index (χ0n) is 22.3. The number of aromatic nitrogens is 4. The highest BCUT2D eigenvalue weighted by molar-refractivity contribution is 5.81. The standard InChI is InChI=1S/C27H42FN5O4/c1-4-6-7-8-9-10-11-12-13-14-15-16-17-22(35)37-19-27(5-2,36-3)21(34)18-33-20-30-23-24(29)31-26(28)32-25(23)33/h2,20-21,34H,4,6-19H2,1,3H3,(H2,29,31,32)/t21-,27?/m0/s1. The number of aliphatic hydroxyl groups is 1. The van der Waals surface area contributed by atoms with Crippen LogP contribution in [-0.4, -0.2) is 56.0 Å². The number of imidazole rings is 1. The maximum atomic E-state index is 13.6. The largest absolute Gasteiger partial charge is 0.461 e. The number of hydrogen-bond donors (Lipinski definition) is 2. The summed E-state index contributed by atoms with van der Waals surface area (Å²) in [6.07, 6.45) is 19.5. The average Bonchev–Trinajstić information content (AvgIpc) is 3.28. The SMILES string of the molecule is C#CC(COC(=O)CCCCCCCCCCCCCC)(OC)[C@@H](O)Cn1cnc2c(N)nc(F)nc21. The van der Waals surface area contributed by atoms with Gasteiger partial charge in [0, 0.05) is 13.5 Å². The molecule has 2 aromatic rings. The molecule has 2 heterocycles. The quantitative estimate of drug-likeness (QED) is 0.120. The third-order valence-corrected chi connectivity index (χ3v) is 6.66. The van der Waals surface area contributed by atoms with Gasteiger partial charge in [-0.15, -0.1) is 6.42 Å². The van der Waals surface area contributed by atoms with E-state index in [4.69, 9.17) is 21.6 Å². The number of aliphatic hydroxyl groups excluding tert-OH is 1. The first-order valence-electron chi connectivity index (χ1n) is 13.4. The first-order valence-corrected chi connectivity index (χ1v) is 13.4. The summed E-state index contributed by atoms with van der Waals surface area (Å²) >= 11 is 0. The van der Waals surface area contributed by atoms with Gasteiger partial charge < -0.3 is 24.9 Å². The molecule has 9 nitrogen and oxygen atoms in total. The highest BCUT2D eigenvalue weighted by atomic mass is 19.1. The smallest absolute Gasteiger partial charge is 0.312 e. The van der Waals surface area contributed by atoms with Gasteiger partial charge >= 0.3 is 12.0 Å². The molecule has 2 atom stereocenters. The molecule has 0 aliphatic carbocycles. The topological polar surface area (TPSA) is 125 Å². The Labute approximate surface area is 219 Å². The Hall–Kier alpha value is -2.77. The fourth-order valence-electron chi connectivity index (χ4n) is 4.26. The van der Waals surface area contributed by atoms with Crippen molar-refractivity contribution in [3.63, 3.8) is 0 Å². The first-order chi connectivity index (χ1) is 17.9. The van der Waals surface area contributed by atoms with Crippen LogP contribution >= 0.6 is 0 Å². The summed E-state index contributed by atoms with van der Waals surface area (Å²) in [7, 11) is 1.33. The number of rotatable bonds is 19. The van der Waals surface area contributed by atoms with Gasteiger partial charge in [-0.3, -0.25) is 4.79 Å². The maximum Gasteiger partial charge on any atom is 0.312 e. The second-order valence-electron chi connectivity index (χ2n) is 9.50. The van der Waals surface area contributed by atoms with E-state index in [2.05, 4.69) is 27.8 Å². The van der Waals surface area contributed by atoms with Crippen molar-refractivity contribution in [2.75, 3.05) is 19.5 Å². The van der Waals surface area contributed by atoms with Crippen LogP contribution in [0, 0.1) is 18.4 Å². The van der Waals surface area contributed by atoms with Gasteiger partial charge in [-0.05, 0) is 6.42 Å². The van der Waals surface area contributed by atoms with Gasteiger partial charge in [0.05, 0.1) is 12.9 Å². The summed E-state index contributed by atoms with van der Waals surface area (Å²) in [5, 5.41) is 10.9. The predicted octanol–water partition coefficient (Wildman–Crippen LogP) is 4.56. The number of fused-ring (bicyclic) bond motifs is 1.